The molecule has 3 nitrogen and oxygen atoms in total. The molecular weight excluding hydrogens is 394 g/mol. The van der Waals surface area contributed by atoms with Crippen LogP contribution in [0.2, 0.25) is 0 Å². The second-order valence-electron chi connectivity index (χ2n) is 13.3. The molecule has 1 unspecified atom stereocenters. The number of nitrogens with one attached hydrogen (secondary N) is 1. The number of benzene rings is 1. The van der Waals surface area contributed by atoms with E-state index >= 15 is 0 Å². The van der Waals surface area contributed by atoms with E-state index in [0.717, 1.165) is 41.3 Å². The molecule has 8 bridgehead atoms. The first-order chi connectivity index (χ1) is 15.5. The van der Waals surface area contributed by atoms with E-state index < -0.39 is 6.10 Å². The second-order valence-corrected chi connectivity index (χ2v) is 13.3. The highest BCUT2D eigenvalue weighted by Crippen LogP contribution is 2.61. The third-order valence-electron chi connectivity index (χ3n) is 10.7. The molecule has 174 valence electrons. The van der Waals surface area contributed by atoms with E-state index in [1.165, 1.54) is 77.0 Å². The van der Waals surface area contributed by atoms with Crippen LogP contribution in [0.5, 0.6) is 5.75 Å². The molecule has 3 heteroatoms. The summed E-state index contributed by atoms with van der Waals surface area (Å²) in [6.07, 6.45) is 16.7. The lowest BCUT2D eigenvalue weighted by atomic mass is 9.48. The molecule has 1 aromatic carbocycles. The second kappa shape index (κ2) is 7.47. The van der Waals surface area contributed by atoms with Crippen LogP contribution in [0.1, 0.15) is 82.6 Å². The molecular formula is C29H41NO2. The molecule has 8 aliphatic carbocycles. The van der Waals surface area contributed by atoms with Crippen LogP contribution in [0.15, 0.2) is 24.3 Å². The van der Waals surface area contributed by atoms with Gasteiger partial charge in [0.1, 0.15) is 18.5 Å². The monoisotopic (exact) mass is 435 g/mol. The molecule has 32 heavy (non-hydrogen) atoms. The molecule has 0 amide bonds. The third-order valence-corrected chi connectivity index (χ3v) is 10.7. The van der Waals surface area contributed by atoms with E-state index in [1.54, 1.807) is 5.56 Å². The molecule has 0 radical (unpaired) electrons. The van der Waals surface area contributed by atoms with Crippen molar-refractivity contribution in [1.82, 2.24) is 5.32 Å². The summed E-state index contributed by atoms with van der Waals surface area (Å²) in [6, 6.07) is 8.99. The number of β-amino-alcohol motifs (C(OH)–C–C–N with tert-alkyl or cyclic N) is 1. The molecule has 8 saturated carbocycles. The first-order valence-electron chi connectivity index (χ1n) is 13.7. The lowest BCUT2D eigenvalue weighted by molar-refractivity contribution is -0.0266. The Hall–Kier alpha value is -1.06. The normalized spacial score (nSPS) is 46.5. The number of ether oxygens (including phenoxy) is 1. The molecule has 0 saturated heterocycles. The zero-order chi connectivity index (χ0) is 21.3. The zero-order valence-corrected chi connectivity index (χ0v) is 19.6. The largest absolute Gasteiger partial charge is 0.491 e. The molecule has 0 heterocycles. The molecule has 8 fully saturated rings. The average molecular weight is 436 g/mol. The van der Waals surface area contributed by atoms with Crippen molar-refractivity contribution in [3.63, 3.8) is 0 Å². The van der Waals surface area contributed by atoms with Crippen molar-refractivity contribution in [1.29, 1.82) is 0 Å². The maximum Gasteiger partial charge on any atom is 0.119 e. The Morgan fingerprint density at radius 3 is 1.72 bits per heavy atom. The van der Waals surface area contributed by atoms with Gasteiger partial charge in [0.2, 0.25) is 0 Å². The Morgan fingerprint density at radius 2 is 1.22 bits per heavy atom. The van der Waals surface area contributed by atoms with Gasteiger partial charge < -0.3 is 15.2 Å². The van der Waals surface area contributed by atoms with Gasteiger partial charge in [-0.05, 0) is 136 Å². The SMILES string of the molecule is OC(CNC12CC3CC(CC(C3)C1)C2)COc1ccc(C23CC4CC(CC(C4)C2)C3)cc1. The van der Waals surface area contributed by atoms with Gasteiger partial charge in [0, 0.05) is 12.1 Å². The summed E-state index contributed by atoms with van der Waals surface area (Å²) >= 11 is 0. The van der Waals surface area contributed by atoms with Gasteiger partial charge in [-0.3, -0.25) is 0 Å². The minimum absolute atomic E-state index is 0.315. The molecule has 1 aromatic rings. The van der Waals surface area contributed by atoms with Crippen LogP contribution in [0.3, 0.4) is 0 Å². The van der Waals surface area contributed by atoms with Gasteiger partial charge in [-0.2, -0.15) is 0 Å². The predicted molar refractivity (Wildman–Crippen MR) is 127 cm³/mol. The van der Waals surface area contributed by atoms with Gasteiger partial charge in [-0.25, -0.2) is 0 Å². The average Bonchev–Trinajstić information content (AvgIpc) is 2.75. The highest BCUT2D eigenvalue weighted by atomic mass is 16.5. The van der Waals surface area contributed by atoms with Crippen molar-refractivity contribution >= 4 is 0 Å². The number of rotatable bonds is 7. The summed E-state index contributed by atoms with van der Waals surface area (Å²) < 4.78 is 6.02. The van der Waals surface area contributed by atoms with Gasteiger partial charge in [-0.15, -0.1) is 0 Å². The van der Waals surface area contributed by atoms with E-state index in [4.69, 9.17) is 4.74 Å². The number of hydrogen-bond acceptors (Lipinski definition) is 3. The molecule has 1 atom stereocenters. The first-order valence-corrected chi connectivity index (χ1v) is 13.7. The van der Waals surface area contributed by atoms with Crippen molar-refractivity contribution in [2.24, 2.45) is 35.5 Å². The fourth-order valence-corrected chi connectivity index (χ4v) is 10.3. The maximum atomic E-state index is 10.6. The quantitative estimate of drug-likeness (QED) is 0.598. The minimum atomic E-state index is -0.439. The van der Waals surface area contributed by atoms with Gasteiger partial charge in [0.15, 0.2) is 0 Å². The Kier molecular flexibility index (Phi) is 4.74. The standard InChI is InChI=1S/C29H41NO2/c31-26(17-30-29-14-22-8-23(15-29)10-24(9-22)16-29)18-32-27-3-1-25(2-4-27)28-11-19-5-20(12-28)7-21(6-19)13-28/h1-4,19-24,26,30-31H,5-18H2. The molecule has 0 aliphatic heterocycles. The van der Waals surface area contributed by atoms with Gasteiger partial charge in [-0.1, -0.05) is 12.1 Å². The summed E-state index contributed by atoms with van der Waals surface area (Å²) in [7, 11) is 0. The summed E-state index contributed by atoms with van der Waals surface area (Å²) in [6.45, 7) is 1.05. The van der Waals surface area contributed by atoms with Crippen LogP contribution in [-0.4, -0.2) is 29.9 Å². The van der Waals surface area contributed by atoms with Crippen molar-refractivity contribution in [3.8, 4) is 5.75 Å². The van der Waals surface area contributed by atoms with Crippen LogP contribution in [0.4, 0.5) is 0 Å². The van der Waals surface area contributed by atoms with Crippen molar-refractivity contribution < 1.29 is 9.84 Å². The van der Waals surface area contributed by atoms with E-state index in [-0.39, 0.29) is 0 Å². The van der Waals surface area contributed by atoms with Gasteiger partial charge in [0.25, 0.3) is 0 Å². The predicted octanol–water partition coefficient (Wildman–Crippen LogP) is 5.45. The van der Waals surface area contributed by atoms with Gasteiger partial charge >= 0.3 is 0 Å². The smallest absolute Gasteiger partial charge is 0.119 e. The lowest BCUT2D eigenvalue weighted by Gasteiger charge is -2.57. The zero-order valence-electron chi connectivity index (χ0n) is 19.6. The maximum absolute atomic E-state index is 10.6. The van der Waals surface area contributed by atoms with E-state index in [0.29, 0.717) is 24.1 Å². The molecule has 0 aromatic heterocycles. The topological polar surface area (TPSA) is 41.5 Å². The Morgan fingerprint density at radius 1 is 0.750 bits per heavy atom. The Bertz CT molecular complexity index is 775. The highest BCUT2D eigenvalue weighted by Gasteiger charge is 2.52. The van der Waals surface area contributed by atoms with Crippen molar-refractivity contribution in [3.05, 3.63) is 29.8 Å². The highest BCUT2D eigenvalue weighted by molar-refractivity contribution is 5.34. The van der Waals surface area contributed by atoms with Gasteiger partial charge in [0.05, 0.1) is 0 Å². The Balaban J connectivity index is 0.936. The van der Waals surface area contributed by atoms with Crippen LogP contribution >= 0.6 is 0 Å². The van der Waals surface area contributed by atoms with E-state index in [2.05, 4.69) is 29.6 Å². The first kappa shape index (κ1) is 20.3. The van der Waals surface area contributed by atoms with Crippen LogP contribution < -0.4 is 10.1 Å². The molecule has 8 aliphatic rings. The number of hydrogen-bond donors (Lipinski definition) is 2. The third kappa shape index (κ3) is 3.54. The molecule has 2 N–H and O–H groups in total. The minimum Gasteiger partial charge on any atom is -0.491 e. The van der Waals surface area contributed by atoms with E-state index in [1.807, 2.05) is 0 Å². The number of aliphatic hydroxyl groups excluding tert-OH is 1. The summed E-state index contributed by atoms with van der Waals surface area (Å²) in [5.41, 5.74) is 2.32. The summed E-state index contributed by atoms with van der Waals surface area (Å²) in [5, 5.41) is 14.4. The summed E-state index contributed by atoms with van der Waals surface area (Å²) in [4.78, 5) is 0. The van der Waals surface area contributed by atoms with Crippen LogP contribution in [-0.2, 0) is 5.41 Å². The molecule has 0 spiro atoms. The van der Waals surface area contributed by atoms with Crippen molar-refractivity contribution in [2.75, 3.05) is 13.2 Å². The van der Waals surface area contributed by atoms with Crippen molar-refractivity contribution in [2.45, 2.75) is 94.1 Å². The Labute approximate surface area is 193 Å². The lowest BCUT2D eigenvalue weighted by Crippen LogP contribution is -2.59. The number of aliphatic hydroxyl groups is 1. The summed E-state index contributed by atoms with van der Waals surface area (Å²) in [5.74, 6) is 6.67. The fraction of sp³-hybridized carbons (Fsp3) is 0.793. The fourth-order valence-electron chi connectivity index (χ4n) is 10.3. The van der Waals surface area contributed by atoms with Crippen LogP contribution in [0, 0.1) is 35.5 Å². The molecule has 9 rings (SSSR count). The van der Waals surface area contributed by atoms with E-state index in [9.17, 15) is 5.11 Å². The van der Waals surface area contributed by atoms with Crippen LogP contribution in [0.25, 0.3) is 0 Å².